The largest absolute Gasteiger partial charge is 0.496 e. The highest BCUT2D eigenvalue weighted by atomic mass is 16.5. The van der Waals surface area contributed by atoms with E-state index in [0.717, 1.165) is 16.9 Å². The fourth-order valence-electron chi connectivity index (χ4n) is 2.60. The molecule has 0 aliphatic heterocycles. The Morgan fingerprint density at radius 1 is 1.07 bits per heavy atom. The molecule has 0 atom stereocenters. The van der Waals surface area contributed by atoms with Gasteiger partial charge in [-0.3, -0.25) is 0 Å². The number of methoxy groups -OCH3 is 2. The van der Waals surface area contributed by atoms with Gasteiger partial charge < -0.3 is 30.0 Å². The van der Waals surface area contributed by atoms with Crippen LogP contribution in [0.1, 0.15) is 30.9 Å². The summed E-state index contributed by atoms with van der Waals surface area (Å²) in [5.41, 5.74) is 8.18. The van der Waals surface area contributed by atoms with Crippen LogP contribution in [0.15, 0.2) is 18.3 Å². The Kier molecular flexibility index (Phi) is 8.28. The molecule has 1 heterocycles. The zero-order chi connectivity index (χ0) is 20.5. The number of benzene rings is 1. The molecule has 2 aromatic rings. The first-order valence-corrected chi connectivity index (χ1v) is 9.25. The number of hydrogen-bond acceptors (Lipinski definition) is 8. The van der Waals surface area contributed by atoms with E-state index in [0.29, 0.717) is 43.8 Å². The van der Waals surface area contributed by atoms with Crippen molar-refractivity contribution in [3.8, 4) is 17.2 Å². The summed E-state index contributed by atoms with van der Waals surface area (Å²) in [6, 6.07) is 3.93. The minimum Gasteiger partial charge on any atom is -0.496 e. The number of hydrogen-bond donors (Lipinski definition) is 2. The van der Waals surface area contributed by atoms with Gasteiger partial charge in [0.25, 0.3) is 0 Å². The number of rotatable bonds is 11. The van der Waals surface area contributed by atoms with Crippen molar-refractivity contribution < 1.29 is 18.9 Å². The van der Waals surface area contributed by atoms with Gasteiger partial charge in [-0.05, 0) is 30.0 Å². The molecule has 28 heavy (non-hydrogen) atoms. The molecule has 1 aromatic carbocycles. The lowest BCUT2D eigenvalue weighted by Crippen LogP contribution is -2.14. The van der Waals surface area contributed by atoms with E-state index in [-0.39, 0.29) is 11.7 Å². The molecule has 8 heteroatoms. The van der Waals surface area contributed by atoms with Gasteiger partial charge in [0.05, 0.1) is 33.1 Å². The van der Waals surface area contributed by atoms with Crippen molar-refractivity contribution >= 4 is 11.8 Å². The molecule has 0 unspecified atom stereocenters. The second-order valence-corrected chi connectivity index (χ2v) is 6.59. The number of ether oxygens (including phenoxy) is 4. The van der Waals surface area contributed by atoms with Crippen LogP contribution in [-0.2, 0) is 9.47 Å². The molecule has 0 saturated carbocycles. The summed E-state index contributed by atoms with van der Waals surface area (Å²) >= 11 is 0. The van der Waals surface area contributed by atoms with Gasteiger partial charge in [0.1, 0.15) is 11.5 Å². The summed E-state index contributed by atoms with van der Waals surface area (Å²) in [6.07, 6.45) is 1.56. The smallest absolute Gasteiger partial charge is 0.224 e. The maximum absolute atomic E-state index is 6.07. The Bertz CT molecular complexity index is 768. The Morgan fingerprint density at radius 2 is 1.86 bits per heavy atom. The average Bonchev–Trinajstić information content (AvgIpc) is 2.67. The molecule has 0 spiro atoms. The summed E-state index contributed by atoms with van der Waals surface area (Å²) in [4.78, 5) is 8.52. The average molecular weight is 390 g/mol. The van der Waals surface area contributed by atoms with Gasteiger partial charge in [0, 0.05) is 19.7 Å². The van der Waals surface area contributed by atoms with Crippen molar-refractivity contribution in [1.29, 1.82) is 0 Å². The molecule has 154 valence electrons. The normalized spacial score (nSPS) is 10.9. The van der Waals surface area contributed by atoms with Crippen molar-refractivity contribution in [1.82, 2.24) is 9.97 Å². The lowest BCUT2D eigenvalue weighted by molar-refractivity contribution is 0.0759. The first-order chi connectivity index (χ1) is 13.5. The zero-order valence-electron chi connectivity index (χ0n) is 17.2. The van der Waals surface area contributed by atoms with Crippen molar-refractivity contribution in [3.05, 3.63) is 29.5 Å². The first-order valence-electron chi connectivity index (χ1n) is 9.25. The molecule has 2 rings (SSSR count). The molecule has 0 radical (unpaired) electrons. The van der Waals surface area contributed by atoms with Crippen LogP contribution in [0, 0.1) is 6.92 Å². The van der Waals surface area contributed by atoms with E-state index in [9.17, 15) is 0 Å². The SMILES string of the molecule is COCCOCCNc1ncc(Oc2cc(OC)c(C)cc2C(C)C)c(N)n1. The van der Waals surface area contributed by atoms with E-state index < -0.39 is 0 Å². The Labute approximate surface area is 166 Å². The van der Waals surface area contributed by atoms with Crippen LogP contribution in [0.4, 0.5) is 11.8 Å². The highest BCUT2D eigenvalue weighted by molar-refractivity contribution is 5.53. The molecule has 0 fully saturated rings. The summed E-state index contributed by atoms with van der Waals surface area (Å²) in [6.45, 7) is 8.42. The molecule has 0 bridgehead atoms. The van der Waals surface area contributed by atoms with E-state index in [2.05, 4.69) is 35.2 Å². The molecule has 0 aliphatic carbocycles. The lowest BCUT2D eigenvalue weighted by Gasteiger charge is -2.17. The maximum atomic E-state index is 6.07. The highest BCUT2D eigenvalue weighted by Crippen LogP contribution is 2.37. The first kappa shape index (κ1) is 21.7. The minimum atomic E-state index is 0.257. The summed E-state index contributed by atoms with van der Waals surface area (Å²) in [5.74, 6) is 2.79. The zero-order valence-corrected chi connectivity index (χ0v) is 17.2. The molecule has 8 nitrogen and oxygen atoms in total. The van der Waals surface area contributed by atoms with Gasteiger partial charge >= 0.3 is 0 Å². The standard InChI is InChI=1S/C20H30N4O4/c1-13(2)15-10-14(3)16(26-5)11-17(15)28-18-12-23-20(24-19(18)21)22-6-7-27-9-8-25-4/h10-13H,6-9H2,1-5H3,(H3,21,22,23,24). The predicted molar refractivity (Wildman–Crippen MR) is 110 cm³/mol. The van der Waals surface area contributed by atoms with Gasteiger partial charge in [-0.2, -0.15) is 4.98 Å². The quantitative estimate of drug-likeness (QED) is 0.563. The van der Waals surface area contributed by atoms with Gasteiger partial charge in [-0.1, -0.05) is 13.8 Å². The molecule has 0 amide bonds. The monoisotopic (exact) mass is 390 g/mol. The summed E-state index contributed by atoms with van der Waals surface area (Å²) < 4.78 is 21.7. The maximum Gasteiger partial charge on any atom is 0.224 e. The second kappa shape index (κ2) is 10.7. The van der Waals surface area contributed by atoms with Crippen LogP contribution in [0.5, 0.6) is 17.2 Å². The molecule has 3 N–H and O–H groups in total. The topological polar surface area (TPSA) is 101 Å². The highest BCUT2D eigenvalue weighted by Gasteiger charge is 2.15. The van der Waals surface area contributed by atoms with E-state index in [4.69, 9.17) is 24.7 Å². The van der Waals surface area contributed by atoms with Gasteiger partial charge in [0.2, 0.25) is 5.95 Å². The van der Waals surface area contributed by atoms with E-state index in [1.807, 2.05) is 13.0 Å². The third kappa shape index (κ3) is 5.97. The number of aryl methyl sites for hydroxylation is 1. The third-order valence-electron chi connectivity index (χ3n) is 4.11. The van der Waals surface area contributed by atoms with E-state index in [1.54, 1.807) is 20.4 Å². The van der Waals surface area contributed by atoms with Crippen molar-refractivity contribution in [2.75, 3.05) is 51.6 Å². The van der Waals surface area contributed by atoms with Crippen molar-refractivity contribution in [2.24, 2.45) is 0 Å². The van der Waals surface area contributed by atoms with Crippen molar-refractivity contribution in [3.63, 3.8) is 0 Å². The fraction of sp³-hybridized carbons (Fsp3) is 0.500. The van der Waals surface area contributed by atoms with Crippen LogP contribution in [0.3, 0.4) is 0 Å². The summed E-state index contributed by atoms with van der Waals surface area (Å²) in [7, 11) is 3.27. The molecule has 0 aliphatic rings. The fourth-order valence-corrected chi connectivity index (χ4v) is 2.60. The van der Waals surface area contributed by atoms with E-state index in [1.165, 1.54) is 0 Å². The van der Waals surface area contributed by atoms with Crippen molar-refractivity contribution in [2.45, 2.75) is 26.7 Å². The number of aromatic nitrogens is 2. The Balaban J connectivity index is 2.07. The Hall–Kier alpha value is -2.58. The molecular weight excluding hydrogens is 360 g/mol. The Morgan fingerprint density at radius 3 is 2.50 bits per heavy atom. The predicted octanol–water partition coefficient (Wildman–Crippen LogP) is 3.37. The molecule has 1 aromatic heterocycles. The second-order valence-electron chi connectivity index (χ2n) is 6.59. The van der Waals surface area contributed by atoms with E-state index >= 15 is 0 Å². The lowest BCUT2D eigenvalue weighted by atomic mass is 9.99. The molecule has 0 saturated heterocycles. The number of nitrogen functional groups attached to an aromatic ring is 1. The van der Waals surface area contributed by atoms with Crippen LogP contribution >= 0.6 is 0 Å². The number of anilines is 2. The third-order valence-corrected chi connectivity index (χ3v) is 4.11. The van der Waals surface area contributed by atoms with Crippen LogP contribution < -0.4 is 20.5 Å². The van der Waals surface area contributed by atoms with Gasteiger partial charge in [-0.15, -0.1) is 0 Å². The van der Waals surface area contributed by atoms with Crippen LogP contribution in [0.2, 0.25) is 0 Å². The number of nitrogens with one attached hydrogen (secondary N) is 1. The van der Waals surface area contributed by atoms with Crippen LogP contribution in [0.25, 0.3) is 0 Å². The van der Waals surface area contributed by atoms with Crippen LogP contribution in [-0.4, -0.2) is 50.6 Å². The van der Waals surface area contributed by atoms with Gasteiger partial charge in [0.15, 0.2) is 11.6 Å². The van der Waals surface area contributed by atoms with Gasteiger partial charge in [-0.25, -0.2) is 4.98 Å². The minimum absolute atomic E-state index is 0.257. The summed E-state index contributed by atoms with van der Waals surface area (Å²) in [5, 5.41) is 3.07. The number of nitrogens with zero attached hydrogens (tertiary/aromatic N) is 2. The number of nitrogens with two attached hydrogens (primary N) is 1. The molecular formula is C20H30N4O4.